The molecule has 0 aromatic heterocycles. The summed E-state index contributed by atoms with van der Waals surface area (Å²) in [5, 5.41) is -0.0204. The number of nitrogens with zero attached hydrogens (tertiary/aromatic N) is 1. The van der Waals surface area contributed by atoms with Crippen molar-refractivity contribution in [3.8, 4) is 5.75 Å². The molecule has 0 radical (unpaired) electrons. The van der Waals surface area contributed by atoms with Crippen LogP contribution in [0.1, 0.15) is 13.3 Å². The molecule has 2 aliphatic carbocycles. The summed E-state index contributed by atoms with van der Waals surface area (Å²) >= 11 is 6.22. The number of ether oxygens (including phenoxy) is 1. The highest BCUT2D eigenvalue weighted by atomic mass is 35.5. The summed E-state index contributed by atoms with van der Waals surface area (Å²) < 4.78 is 33.9. The van der Waals surface area contributed by atoms with Gasteiger partial charge in [-0.2, -0.15) is 0 Å². The molecule has 7 nitrogen and oxygen atoms in total. The zero-order valence-electron chi connectivity index (χ0n) is 17.4. The fourth-order valence-corrected chi connectivity index (χ4v) is 6.89. The first-order chi connectivity index (χ1) is 15.2. The van der Waals surface area contributed by atoms with Crippen molar-refractivity contribution in [2.45, 2.75) is 18.2 Å². The Morgan fingerprint density at radius 1 is 1.09 bits per heavy atom. The average molecular weight is 473 g/mol. The van der Waals surface area contributed by atoms with Crippen LogP contribution in [0, 0.1) is 23.7 Å². The fraction of sp³-hybridized carbons (Fsp3) is 0.304. The number of amides is 2. The lowest BCUT2D eigenvalue weighted by Crippen LogP contribution is -2.33. The van der Waals surface area contributed by atoms with Crippen LogP contribution in [0.4, 0.5) is 11.4 Å². The summed E-state index contributed by atoms with van der Waals surface area (Å²) in [6.45, 7) is 2.00. The minimum absolute atomic E-state index is 0.0204. The number of carbonyl (C=O) groups excluding carboxylic acids is 2. The van der Waals surface area contributed by atoms with Gasteiger partial charge in [0.05, 0.1) is 35.3 Å². The van der Waals surface area contributed by atoms with Gasteiger partial charge in [-0.05, 0) is 55.5 Å². The van der Waals surface area contributed by atoms with Gasteiger partial charge in [0.15, 0.2) is 0 Å². The zero-order chi connectivity index (χ0) is 22.8. The maximum absolute atomic E-state index is 13.2. The SMILES string of the molecule is COc1ccccc1NS(=O)(=O)c1cc(N2C(=O)[C@H]3[C@H](C2=O)[C@H]2C=C(C)[C@H]3C2)ccc1Cl. The van der Waals surface area contributed by atoms with E-state index in [1.54, 1.807) is 24.3 Å². The summed E-state index contributed by atoms with van der Waals surface area (Å²) in [5.41, 5.74) is 1.60. The Balaban J connectivity index is 1.50. The van der Waals surface area contributed by atoms with Crippen molar-refractivity contribution >= 4 is 44.8 Å². The smallest absolute Gasteiger partial charge is 0.263 e. The zero-order valence-corrected chi connectivity index (χ0v) is 19.0. The first-order valence-corrected chi connectivity index (χ1v) is 12.1. The van der Waals surface area contributed by atoms with Crippen molar-refractivity contribution in [1.29, 1.82) is 0 Å². The van der Waals surface area contributed by atoms with Gasteiger partial charge in [0, 0.05) is 0 Å². The van der Waals surface area contributed by atoms with Crippen LogP contribution >= 0.6 is 11.6 Å². The predicted molar refractivity (Wildman–Crippen MR) is 120 cm³/mol. The quantitative estimate of drug-likeness (QED) is 0.527. The standard InChI is InChI=1S/C23H21ClN2O5S/c1-12-9-13-10-15(12)21-20(13)22(27)26(23(21)28)14-7-8-16(24)19(11-14)32(29,30)25-17-5-3-4-6-18(17)31-2/h3-9,11,13,15,20-21,25H,10H2,1-2H3/t13-,15+,20+,21+/m0/s1. The summed E-state index contributed by atoms with van der Waals surface area (Å²) in [4.78, 5) is 27.3. The van der Waals surface area contributed by atoms with Gasteiger partial charge in [0.1, 0.15) is 10.6 Å². The minimum atomic E-state index is -4.12. The Morgan fingerprint density at radius 2 is 1.81 bits per heavy atom. The third-order valence-corrected chi connectivity index (χ3v) is 8.54. The number of allylic oxidation sites excluding steroid dienone is 2. The summed E-state index contributed by atoms with van der Waals surface area (Å²) in [6.07, 6.45) is 2.92. The molecule has 5 rings (SSSR count). The van der Waals surface area contributed by atoms with E-state index in [2.05, 4.69) is 10.8 Å². The highest BCUT2D eigenvalue weighted by molar-refractivity contribution is 7.92. The van der Waals surface area contributed by atoms with Gasteiger partial charge in [-0.1, -0.05) is 35.4 Å². The third kappa shape index (κ3) is 3.04. The molecule has 4 atom stereocenters. The highest BCUT2D eigenvalue weighted by Crippen LogP contribution is 2.56. The molecule has 1 saturated heterocycles. The van der Waals surface area contributed by atoms with Gasteiger partial charge in [-0.3, -0.25) is 14.3 Å². The summed E-state index contributed by atoms with van der Waals surface area (Å²) in [7, 11) is -2.69. The molecule has 0 unspecified atom stereocenters. The molecule has 0 spiro atoms. The van der Waals surface area contributed by atoms with E-state index in [1.807, 2.05) is 6.92 Å². The maximum atomic E-state index is 13.2. The first-order valence-electron chi connectivity index (χ1n) is 10.2. The predicted octanol–water partition coefficient (Wildman–Crippen LogP) is 3.85. The van der Waals surface area contributed by atoms with Crippen LogP contribution in [0.3, 0.4) is 0 Å². The van der Waals surface area contributed by atoms with Crippen molar-refractivity contribution in [2.24, 2.45) is 23.7 Å². The highest BCUT2D eigenvalue weighted by Gasteiger charge is 2.61. The Kier molecular flexibility index (Phi) is 4.83. The molecule has 1 saturated carbocycles. The molecule has 1 aliphatic heterocycles. The number of hydrogen-bond donors (Lipinski definition) is 1. The monoisotopic (exact) mass is 472 g/mol. The van der Waals surface area contributed by atoms with E-state index in [0.717, 1.165) is 16.9 Å². The maximum Gasteiger partial charge on any atom is 0.263 e. The van der Waals surface area contributed by atoms with Crippen molar-refractivity contribution in [1.82, 2.24) is 0 Å². The van der Waals surface area contributed by atoms with Crippen molar-refractivity contribution in [3.05, 3.63) is 59.1 Å². The molecule has 3 aliphatic rings. The Morgan fingerprint density at radius 3 is 2.56 bits per heavy atom. The molecule has 1 N–H and O–H groups in total. The second kappa shape index (κ2) is 7.35. The molecule has 2 fully saturated rings. The van der Waals surface area contributed by atoms with Crippen molar-refractivity contribution in [3.63, 3.8) is 0 Å². The molecule has 2 bridgehead atoms. The number of para-hydroxylation sites is 2. The number of nitrogens with one attached hydrogen (secondary N) is 1. The second-order valence-electron chi connectivity index (χ2n) is 8.40. The van der Waals surface area contributed by atoms with E-state index in [1.165, 1.54) is 25.3 Å². The number of hydrogen-bond acceptors (Lipinski definition) is 5. The van der Waals surface area contributed by atoms with Gasteiger partial charge >= 0.3 is 0 Å². The number of benzene rings is 2. The molecule has 2 aromatic rings. The molecule has 1 heterocycles. The summed E-state index contributed by atoms with van der Waals surface area (Å²) in [6, 6.07) is 10.7. The van der Waals surface area contributed by atoms with Gasteiger partial charge in [-0.15, -0.1) is 0 Å². The van der Waals surface area contributed by atoms with E-state index in [9.17, 15) is 18.0 Å². The number of rotatable bonds is 5. The normalized spacial score (nSPS) is 26.3. The Bertz CT molecular complexity index is 1290. The van der Waals surface area contributed by atoms with Gasteiger partial charge in [-0.25, -0.2) is 13.3 Å². The summed E-state index contributed by atoms with van der Waals surface area (Å²) in [5.74, 6) is -0.816. The number of sulfonamides is 1. The minimum Gasteiger partial charge on any atom is -0.495 e. The number of carbonyl (C=O) groups is 2. The topological polar surface area (TPSA) is 92.8 Å². The van der Waals surface area contributed by atoms with Crippen LogP contribution < -0.4 is 14.4 Å². The van der Waals surface area contributed by atoms with Crippen molar-refractivity contribution < 1.29 is 22.7 Å². The first kappa shape index (κ1) is 21.0. The Hall–Kier alpha value is -2.84. The largest absolute Gasteiger partial charge is 0.495 e. The van der Waals surface area contributed by atoms with Crippen molar-refractivity contribution in [2.75, 3.05) is 16.7 Å². The van der Waals surface area contributed by atoms with Gasteiger partial charge < -0.3 is 4.74 Å². The van der Waals surface area contributed by atoms with E-state index in [4.69, 9.17) is 16.3 Å². The molecular weight excluding hydrogens is 452 g/mol. The lowest BCUT2D eigenvalue weighted by Gasteiger charge is -2.20. The number of anilines is 2. The van der Waals surface area contributed by atoms with Crippen LogP contribution in [0.5, 0.6) is 5.75 Å². The molecule has 32 heavy (non-hydrogen) atoms. The van der Waals surface area contributed by atoms with Crippen LogP contribution in [0.15, 0.2) is 59.0 Å². The van der Waals surface area contributed by atoms with E-state index in [-0.39, 0.29) is 56.8 Å². The third-order valence-electron chi connectivity index (χ3n) is 6.69. The van der Waals surface area contributed by atoms with Crippen LogP contribution in [0.2, 0.25) is 5.02 Å². The van der Waals surface area contributed by atoms with Crippen LogP contribution in [-0.4, -0.2) is 27.3 Å². The van der Waals surface area contributed by atoms with E-state index >= 15 is 0 Å². The van der Waals surface area contributed by atoms with Crippen LogP contribution in [-0.2, 0) is 19.6 Å². The van der Waals surface area contributed by atoms with Crippen LogP contribution in [0.25, 0.3) is 0 Å². The number of imide groups is 1. The molecular formula is C23H21ClN2O5S. The molecule has 9 heteroatoms. The molecule has 2 aromatic carbocycles. The lowest BCUT2D eigenvalue weighted by atomic mass is 9.82. The van der Waals surface area contributed by atoms with Gasteiger partial charge in [0.2, 0.25) is 11.8 Å². The van der Waals surface area contributed by atoms with E-state index < -0.39 is 10.0 Å². The fourth-order valence-electron chi connectivity index (χ4n) is 5.29. The number of methoxy groups -OCH3 is 1. The Labute approximate surface area is 191 Å². The average Bonchev–Trinajstić information content (AvgIpc) is 3.39. The number of halogens is 1. The van der Waals surface area contributed by atoms with Gasteiger partial charge in [0.25, 0.3) is 10.0 Å². The number of fused-ring (bicyclic) bond motifs is 5. The molecule has 166 valence electrons. The lowest BCUT2D eigenvalue weighted by molar-refractivity contribution is -0.123. The van der Waals surface area contributed by atoms with E-state index in [0.29, 0.717) is 5.75 Å². The second-order valence-corrected chi connectivity index (χ2v) is 10.5. The molecule has 2 amide bonds.